The van der Waals surface area contributed by atoms with Crippen LogP contribution in [0.2, 0.25) is 0 Å². The quantitative estimate of drug-likeness (QED) is 0.670. The van der Waals surface area contributed by atoms with Gasteiger partial charge in [-0.1, -0.05) is 44.2 Å². The first-order chi connectivity index (χ1) is 14.5. The first-order valence-electron chi connectivity index (χ1n) is 10.1. The zero-order valence-corrected chi connectivity index (χ0v) is 17.5. The van der Waals surface area contributed by atoms with Gasteiger partial charge in [0.1, 0.15) is 17.5 Å². The lowest BCUT2D eigenvalue weighted by Gasteiger charge is -2.23. The molecule has 1 aliphatic rings. The monoisotopic (exact) mass is 409 g/mol. The average Bonchev–Trinajstić information content (AvgIpc) is 3.20. The number of anilines is 2. The molecule has 1 unspecified atom stereocenters. The number of ether oxygens (including phenoxy) is 2. The third-order valence-corrected chi connectivity index (χ3v) is 4.46. The van der Waals surface area contributed by atoms with E-state index in [2.05, 4.69) is 24.3 Å². The highest BCUT2D eigenvalue weighted by Gasteiger charge is 2.37. The molecule has 0 fully saturated rings. The van der Waals surface area contributed by atoms with Crippen LogP contribution in [0, 0.1) is 5.92 Å². The molecule has 7 nitrogen and oxygen atoms in total. The van der Waals surface area contributed by atoms with Gasteiger partial charge in [-0.05, 0) is 37.1 Å². The molecule has 158 valence electrons. The molecule has 1 amide bonds. The Bertz CT molecular complexity index is 912. The van der Waals surface area contributed by atoms with Crippen molar-refractivity contribution < 1.29 is 19.1 Å². The number of rotatable bonds is 8. The fourth-order valence-electron chi connectivity index (χ4n) is 3.04. The molecule has 7 heteroatoms. The molecule has 1 aliphatic heterocycles. The molecular formula is C23H27N3O4. The molecule has 2 aromatic carbocycles. The molecule has 0 radical (unpaired) electrons. The van der Waals surface area contributed by atoms with Crippen LogP contribution in [0.4, 0.5) is 11.4 Å². The van der Waals surface area contributed by atoms with Gasteiger partial charge < -0.3 is 14.8 Å². The normalized spacial score (nSPS) is 15.7. The van der Waals surface area contributed by atoms with E-state index in [1.807, 2.05) is 48.5 Å². The highest BCUT2D eigenvalue weighted by molar-refractivity contribution is 6.38. The van der Waals surface area contributed by atoms with E-state index in [4.69, 9.17) is 9.47 Å². The molecule has 0 aliphatic carbocycles. The van der Waals surface area contributed by atoms with E-state index >= 15 is 0 Å². The number of benzene rings is 2. The number of carbonyl (C=O) groups excluding carboxylic acids is 2. The molecule has 1 atom stereocenters. The predicted octanol–water partition coefficient (Wildman–Crippen LogP) is 3.86. The van der Waals surface area contributed by atoms with E-state index in [0.29, 0.717) is 24.0 Å². The van der Waals surface area contributed by atoms with Gasteiger partial charge in [-0.3, -0.25) is 9.80 Å². The molecule has 2 aromatic rings. The molecular weight excluding hydrogens is 382 g/mol. The number of hydrogen-bond donors (Lipinski definition) is 1. The highest BCUT2D eigenvalue weighted by atomic mass is 16.5. The van der Waals surface area contributed by atoms with Crippen LogP contribution in [0.3, 0.4) is 0 Å². The van der Waals surface area contributed by atoms with Crippen molar-refractivity contribution in [2.45, 2.75) is 33.2 Å². The van der Waals surface area contributed by atoms with Gasteiger partial charge in [0.05, 0.1) is 24.6 Å². The Hall–Kier alpha value is -3.35. The van der Waals surface area contributed by atoms with Crippen LogP contribution >= 0.6 is 0 Å². The fraction of sp³-hybridized carbons (Fsp3) is 0.348. The third-order valence-electron chi connectivity index (χ3n) is 4.46. The van der Waals surface area contributed by atoms with Gasteiger partial charge in [-0.2, -0.15) is 5.10 Å². The van der Waals surface area contributed by atoms with E-state index in [1.54, 1.807) is 18.0 Å². The van der Waals surface area contributed by atoms with Crippen LogP contribution in [0.25, 0.3) is 0 Å². The van der Waals surface area contributed by atoms with Crippen molar-refractivity contribution in [2.75, 3.05) is 23.5 Å². The second-order valence-corrected chi connectivity index (χ2v) is 7.36. The van der Waals surface area contributed by atoms with Gasteiger partial charge in [-0.15, -0.1) is 0 Å². The van der Waals surface area contributed by atoms with Crippen LogP contribution in [-0.4, -0.2) is 36.8 Å². The molecule has 1 heterocycles. The van der Waals surface area contributed by atoms with Gasteiger partial charge in [0, 0.05) is 6.42 Å². The van der Waals surface area contributed by atoms with Crippen molar-refractivity contribution in [3.8, 4) is 5.75 Å². The molecule has 0 saturated heterocycles. The van der Waals surface area contributed by atoms with E-state index in [9.17, 15) is 9.59 Å². The van der Waals surface area contributed by atoms with Gasteiger partial charge in [0.25, 0.3) is 0 Å². The standard InChI is InChI=1S/C23H27N3O4/c1-4-29-23(28)19-14-20(26(25-19)17-10-6-5-7-11-17)22(27)24-18-12-8-9-13-21(18)30-15-16(2)3/h5-13,16,20H,4,14-15H2,1-3H3,(H,24,27). The topological polar surface area (TPSA) is 80.2 Å². The second-order valence-electron chi connectivity index (χ2n) is 7.36. The molecule has 3 rings (SSSR count). The summed E-state index contributed by atoms with van der Waals surface area (Å²) < 4.78 is 10.9. The van der Waals surface area contributed by atoms with Gasteiger partial charge in [0.2, 0.25) is 5.91 Å². The van der Waals surface area contributed by atoms with Crippen molar-refractivity contribution in [3.63, 3.8) is 0 Å². The van der Waals surface area contributed by atoms with Gasteiger partial charge >= 0.3 is 5.97 Å². The van der Waals surface area contributed by atoms with Crippen molar-refractivity contribution in [1.29, 1.82) is 0 Å². The smallest absolute Gasteiger partial charge is 0.354 e. The number of carbonyl (C=O) groups is 2. The third kappa shape index (κ3) is 5.17. The lowest BCUT2D eigenvalue weighted by Crippen LogP contribution is -2.39. The molecule has 0 saturated carbocycles. The van der Waals surface area contributed by atoms with Gasteiger partial charge in [-0.25, -0.2) is 4.79 Å². The number of amides is 1. The van der Waals surface area contributed by atoms with E-state index in [1.165, 1.54) is 0 Å². The molecule has 0 aromatic heterocycles. The van der Waals surface area contributed by atoms with E-state index in [-0.39, 0.29) is 24.6 Å². The van der Waals surface area contributed by atoms with Crippen LogP contribution in [0.15, 0.2) is 59.7 Å². The lowest BCUT2D eigenvalue weighted by atomic mass is 10.1. The first-order valence-corrected chi connectivity index (χ1v) is 10.1. The van der Waals surface area contributed by atoms with Crippen LogP contribution in [0.1, 0.15) is 27.2 Å². The molecule has 0 bridgehead atoms. The summed E-state index contributed by atoms with van der Waals surface area (Å²) in [5.74, 6) is 0.185. The number of nitrogens with zero attached hydrogens (tertiary/aromatic N) is 2. The summed E-state index contributed by atoms with van der Waals surface area (Å²) >= 11 is 0. The number of para-hydroxylation sites is 3. The fourth-order valence-corrected chi connectivity index (χ4v) is 3.04. The summed E-state index contributed by atoms with van der Waals surface area (Å²) in [6.45, 7) is 6.65. The summed E-state index contributed by atoms with van der Waals surface area (Å²) in [5, 5.41) is 8.89. The Morgan fingerprint density at radius 2 is 1.83 bits per heavy atom. The summed E-state index contributed by atoms with van der Waals surface area (Å²) in [6, 6.07) is 15.9. The van der Waals surface area contributed by atoms with Crippen molar-refractivity contribution in [1.82, 2.24) is 0 Å². The Morgan fingerprint density at radius 1 is 1.13 bits per heavy atom. The number of hydrazone groups is 1. The second kappa shape index (κ2) is 9.91. The maximum Gasteiger partial charge on any atom is 0.354 e. The highest BCUT2D eigenvalue weighted by Crippen LogP contribution is 2.28. The maximum absolute atomic E-state index is 13.2. The molecule has 30 heavy (non-hydrogen) atoms. The Labute approximate surface area is 176 Å². The minimum atomic E-state index is -0.676. The average molecular weight is 409 g/mol. The van der Waals surface area contributed by atoms with Crippen LogP contribution in [-0.2, 0) is 14.3 Å². The van der Waals surface area contributed by atoms with Crippen LogP contribution in [0.5, 0.6) is 5.75 Å². The zero-order valence-electron chi connectivity index (χ0n) is 17.5. The minimum absolute atomic E-state index is 0.161. The SMILES string of the molecule is CCOC(=O)C1=NN(c2ccccc2)C(C(=O)Nc2ccccc2OCC(C)C)C1. The largest absolute Gasteiger partial charge is 0.491 e. The number of esters is 1. The lowest BCUT2D eigenvalue weighted by molar-refractivity contribution is -0.135. The zero-order chi connectivity index (χ0) is 21.5. The first kappa shape index (κ1) is 21.4. The van der Waals surface area contributed by atoms with Crippen molar-refractivity contribution >= 4 is 29.0 Å². The minimum Gasteiger partial charge on any atom is -0.491 e. The van der Waals surface area contributed by atoms with Crippen molar-refractivity contribution in [2.24, 2.45) is 11.0 Å². The Kier molecular flexibility index (Phi) is 7.06. The van der Waals surface area contributed by atoms with Gasteiger partial charge in [0.15, 0.2) is 0 Å². The maximum atomic E-state index is 13.2. The summed E-state index contributed by atoms with van der Waals surface area (Å²) in [4.78, 5) is 25.4. The number of nitrogens with one attached hydrogen (secondary N) is 1. The molecule has 0 spiro atoms. The van der Waals surface area contributed by atoms with E-state index < -0.39 is 12.0 Å². The predicted molar refractivity (Wildman–Crippen MR) is 117 cm³/mol. The summed E-state index contributed by atoms with van der Waals surface area (Å²) in [7, 11) is 0. The van der Waals surface area contributed by atoms with Crippen LogP contribution < -0.4 is 15.1 Å². The van der Waals surface area contributed by atoms with E-state index in [0.717, 1.165) is 5.69 Å². The molecule has 1 N–H and O–H groups in total. The van der Waals surface area contributed by atoms with Crippen molar-refractivity contribution in [3.05, 3.63) is 54.6 Å². The summed E-state index contributed by atoms with van der Waals surface area (Å²) in [6.07, 6.45) is 0.161. The summed E-state index contributed by atoms with van der Waals surface area (Å²) in [5.41, 5.74) is 1.53. The Morgan fingerprint density at radius 3 is 2.53 bits per heavy atom. The Balaban J connectivity index is 1.81. The number of hydrogen-bond acceptors (Lipinski definition) is 6.